The van der Waals surface area contributed by atoms with E-state index < -0.39 is 0 Å². The van der Waals surface area contributed by atoms with Crippen LogP contribution in [0.25, 0.3) is 0 Å². The molecule has 234 valence electrons. The lowest BCUT2D eigenvalue weighted by Gasteiger charge is -2.18. The van der Waals surface area contributed by atoms with Gasteiger partial charge in [0.15, 0.2) is 0 Å². The van der Waals surface area contributed by atoms with Crippen molar-refractivity contribution in [2.24, 2.45) is 9.98 Å². The molecule has 0 unspecified atom stereocenters. The highest BCUT2D eigenvalue weighted by Gasteiger charge is 2.20. The zero-order chi connectivity index (χ0) is 32.3. The Hall–Kier alpha value is -5.31. The lowest BCUT2D eigenvalue weighted by atomic mass is 10.0. The van der Waals surface area contributed by atoms with Crippen molar-refractivity contribution in [2.45, 2.75) is 39.9 Å². The number of carbonyl (C=O) groups excluding carboxylic acids is 1. The van der Waals surface area contributed by atoms with Crippen LogP contribution in [-0.4, -0.2) is 51.2 Å². The van der Waals surface area contributed by atoms with E-state index in [0.29, 0.717) is 62.8 Å². The fraction of sp³-hybridized carbons (Fsp3) is 0.250. The summed E-state index contributed by atoms with van der Waals surface area (Å²) in [6, 6.07) is 27.3. The Balaban J connectivity index is 1.94. The molecule has 9 heteroatoms. The minimum Gasteiger partial charge on any atom is -0.495 e. The molecule has 0 aliphatic carbocycles. The smallest absolute Gasteiger partial charge is 0.255 e. The molecule has 0 atom stereocenters. The van der Waals surface area contributed by atoms with Crippen molar-refractivity contribution in [1.82, 2.24) is 0 Å². The number of carbonyl (C=O) groups is 1. The van der Waals surface area contributed by atoms with Gasteiger partial charge in [-0.25, -0.2) is 9.98 Å². The van der Waals surface area contributed by atoms with Crippen molar-refractivity contribution in [3.05, 3.63) is 108 Å². The van der Waals surface area contributed by atoms with Gasteiger partial charge < -0.3 is 29.0 Å². The molecular weight excluding hydrogens is 570 g/mol. The van der Waals surface area contributed by atoms with Gasteiger partial charge in [0, 0.05) is 16.7 Å². The number of nitrogens with one attached hydrogen (secondary N) is 1. The Morgan fingerprint density at radius 2 is 0.978 bits per heavy atom. The van der Waals surface area contributed by atoms with Crippen molar-refractivity contribution >= 4 is 34.8 Å². The Morgan fingerprint density at radius 3 is 1.42 bits per heavy atom. The molecular formula is C36H39N3O6. The van der Waals surface area contributed by atoms with E-state index in [1.165, 1.54) is 0 Å². The van der Waals surface area contributed by atoms with Crippen LogP contribution in [0.4, 0.5) is 17.1 Å². The molecule has 4 aromatic rings. The molecule has 0 spiro atoms. The number of hydrogen-bond acceptors (Lipinski definition) is 8. The minimum atomic E-state index is -0.370. The second kappa shape index (κ2) is 15.4. The molecule has 1 N–H and O–H groups in total. The first-order valence-corrected chi connectivity index (χ1v) is 14.6. The molecule has 0 heterocycles. The Morgan fingerprint density at radius 1 is 0.578 bits per heavy atom. The van der Waals surface area contributed by atoms with Crippen molar-refractivity contribution in [1.29, 1.82) is 0 Å². The molecule has 0 radical (unpaired) electrons. The quantitative estimate of drug-likeness (QED) is 0.137. The molecule has 0 saturated carbocycles. The second-order valence-corrected chi connectivity index (χ2v) is 10.5. The fourth-order valence-corrected chi connectivity index (χ4v) is 4.38. The zero-order valence-corrected chi connectivity index (χ0v) is 26.7. The molecule has 0 bridgehead atoms. The molecule has 0 aliphatic heterocycles. The third kappa shape index (κ3) is 8.63. The number of nitrogens with zero attached hydrogens (tertiary/aromatic N) is 2. The van der Waals surface area contributed by atoms with Crippen LogP contribution in [0.3, 0.4) is 0 Å². The molecule has 0 aliphatic rings. The maximum absolute atomic E-state index is 13.8. The lowest BCUT2D eigenvalue weighted by molar-refractivity contribution is 0.102. The maximum Gasteiger partial charge on any atom is 0.255 e. The van der Waals surface area contributed by atoms with Crippen LogP contribution in [-0.2, 0) is 9.47 Å². The monoisotopic (exact) mass is 609 g/mol. The van der Waals surface area contributed by atoms with Gasteiger partial charge in [-0.1, -0.05) is 36.4 Å². The SMILES string of the molecule is COc1ccccc1N=C(OC(C)C)c1cc(C(=O)Nc2ccccc2OC)cc(C(=Nc2ccccc2OC)OC(C)C)c1. The highest BCUT2D eigenvalue weighted by Crippen LogP contribution is 2.31. The van der Waals surface area contributed by atoms with Crippen LogP contribution >= 0.6 is 0 Å². The predicted molar refractivity (Wildman–Crippen MR) is 178 cm³/mol. The summed E-state index contributed by atoms with van der Waals surface area (Å²) < 4.78 is 29.0. The molecule has 4 aromatic carbocycles. The van der Waals surface area contributed by atoms with E-state index in [-0.39, 0.29) is 18.1 Å². The average Bonchev–Trinajstić information content (AvgIpc) is 3.04. The van der Waals surface area contributed by atoms with Crippen LogP contribution in [0.15, 0.2) is 101 Å². The first-order chi connectivity index (χ1) is 21.7. The average molecular weight is 610 g/mol. The second-order valence-electron chi connectivity index (χ2n) is 10.5. The summed E-state index contributed by atoms with van der Waals surface area (Å²) in [5, 5.41) is 2.96. The summed E-state index contributed by atoms with van der Waals surface area (Å²) in [6.07, 6.45) is -0.441. The van der Waals surface area contributed by atoms with Gasteiger partial charge in [0.2, 0.25) is 11.8 Å². The van der Waals surface area contributed by atoms with Crippen LogP contribution in [0.5, 0.6) is 17.2 Å². The normalized spacial score (nSPS) is 11.8. The largest absolute Gasteiger partial charge is 0.495 e. The van der Waals surface area contributed by atoms with Gasteiger partial charge in [0.25, 0.3) is 5.91 Å². The van der Waals surface area contributed by atoms with E-state index >= 15 is 0 Å². The molecule has 0 aromatic heterocycles. The Bertz CT molecular complexity index is 1590. The number of ether oxygens (including phenoxy) is 5. The van der Waals surface area contributed by atoms with Gasteiger partial charge in [0.1, 0.15) is 28.6 Å². The van der Waals surface area contributed by atoms with E-state index in [1.54, 1.807) is 45.6 Å². The van der Waals surface area contributed by atoms with Crippen molar-refractivity contribution in [3.8, 4) is 17.2 Å². The summed E-state index contributed by atoms with van der Waals surface area (Å²) in [6.45, 7) is 7.64. The zero-order valence-electron chi connectivity index (χ0n) is 26.7. The Kier molecular flexibility index (Phi) is 11.2. The van der Waals surface area contributed by atoms with Crippen LogP contribution < -0.4 is 19.5 Å². The van der Waals surface area contributed by atoms with Crippen LogP contribution in [0.2, 0.25) is 0 Å². The fourth-order valence-electron chi connectivity index (χ4n) is 4.38. The summed E-state index contributed by atoms with van der Waals surface area (Å²) >= 11 is 0. The number of anilines is 1. The first kappa shape index (κ1) is 32.6. The van der Waals surface area contributed by atoms with Gasteiger partial charge >= 0.3 is 0 Å². The molecule has 4 rings (SSSR count). The topological polar surface area (TPSA) is 100.0 Å². The molecule has 0 saturated heterocycles. The molecule has 45 heavy (non-hydrogen) atoms. The number of para-hydroxylation sites is 6. The van der Waals surface area contributed by atoms with Gasteiger partial charge in [-0.2, -0.15) is 0 Å². The number of aliphatic imine (C=N–C) groups is 2. The summed E-state index contributed by atoms with van der Waals surface area (Å²) in [5.74, 6) is 1.91. The Labute approximate surface area is 264 Å². The minimum absolute atomic E-state index is 0.221. The van der Waals surface area contributed by atoms with Gasteiger partial charge in [-0.15, -0.1) is 0 Å². The molecule has 9 nitrogen and oxygen atoms in total. The predicted octanol–water partition coefficient (Wildman–Crippen LogP) is 7.97. The van der Waals surface area contributed by atoms with E-state index in [0.717, 1.165) is 0 Å². The summed E-state index contributed by atoms with van der Waals surface area (Å²) in [5.41, 5.74) is 3.08. The highest BCUT2D eigenvalue weighted by atomic mass is 16.5. The van der Waals surface area contributed by atoms with Crippen molar-refractivity contribution in [3.63, 3.8) is 0 Å². The third-order valence-corrected chi connectivity index (χ3v) is 6.35. The number of methoxy groups -OCH3 is 3. The van der Waals surface area contributed by atoms with E-state index in [1.807, 2.05) is 94.4 Å². The van der Waals surface area contributed by atoms with Gasteiger partial charge in [0.05, 0.1) is 39.2 Å². The van der Waals surface area contributed by atoms with E-state index in [9.17, 15) is 4.79 Å². The first-order valence-electron chi connectivity index (χ1n) is 14.6. The number of benzene rings is 4. The van der Waals surface area contributed by atoms with Crippen LogP contribution in [0, 0.1) is 0 Å². The van der Waals surface area contributed by atoms with Crippen LogP contribution in [0.1, 0.15) is 49.2 Å². The molecule has 0 fully saturated rings. The number of hydrogen-bond donors (Lipinski definition) is 1. The lowest BCUT2D eigenvalue weighted by Crippen LogP contribution is -2.19. The molecule has 1 amide bonds. The van der Waals surface area contributed by atoms with Crippen molar-refractivity contribution < 1.29 is 28.5 Å². The number of rotatable bonds is 11. The van der Waals surface area contributed by atoms with E-state index in [2.05, 4.69) is 5.32 Å². The maximum atomic E-state index is 13.8. The summed E-state index contributed by atoms with van der Waals surface area (Å²) in [7, 11) is 4.72. The highest BCUT2D eigenvalue weighted by molar-refractivity contribution is 6.09. The summed E-state index contributed by atoms with van der Waals surface area (Å²) in [4.78, 5) is 23.5. The van der Waals surface area contributed by atoms with Crippen molar-refractivity contribution in [2.75, 3.05) is 26.6 Å². The van der Waals surface area contributed by atoms with Gasteiger partial charge in [-0.05, 0) is 82.3 Å². The standard InChI is InChI=1S/C36H39N3O6/c1-23(2)44-35(38-29-15-9-12-18-32(29)42-6)26-20-25(34(40)37-28-14-8-11-17-31(28)41-5)21-27(22-26)36(45-24(3)4)39-30-16-10-13-19-33(30)43-7/h8-24H,1-7H3,(H,37,40). The number of amides is 1. The third-order valence-electron chi connectivity index (χ3n) is 6.35. The van der Waals surface area contributed by atoms with Gasteiger partial charge in [-0.3, -0.25) is 4.79 Å². The van der Waals surface area contributed by atoms with E-state index in [4.69, 9.17) is 33.7 Å².